The van der Waals surface area contributed by atoms with Crippen LogP contribution in [0.4, 0.5) is 0 Å². The molecule has 5 aromatic carbocycles. The van der Waals surface area contributed by atoms with E-state index >= 15 is 0 Å². The summed E-state index contributed by atoms with van der Waals surface area (Å²) in [5, 5.41) is 3.24. The van der Waals surface area contributed by atoms with Gasteiger partial charge in [-0.25, -0.2) is 4.98 Å². The molecule has 0 saturated carbocycles. The molecule has 0 aliphatic rings. The lowest BCUT2D eigenvalue weighted by Gasteiger charge is -2.08. The van der Waals surface area contributed by atoms with E-state index in [9.17, 15) is 0 Å². The van der Waals surface area contributed by atoms with Gasteiger partial charge in [0, 0.05) is 39.7 Å². The Labute approximate surface area is 237 Å². The number of aromatic nitrogens is 2. The van der Waals surface area contributed by atoms with E-state index in [4.69, 9.17) is 9.40 Å². The predicted molar refractivity (Wildman–Crippen MR) is 169 cm³/mol. The van der Waals surface area contributed by atoms with Gasteiger partial charge in [0.05, 0.1) is 5.52 Å². The molecule has 0 unspecified atom stereocenters. The van der Waals surface area contributed by atoms with Crippen LogP contribution in [0.15, 0.2) is 150 Å². The van der Waals surface area contributed by atoms with Gasteiger partial charge in [-0.1, -0.05) is 109 Å². The Morgan fingerprint density at radius 3 is 1.90 bits per heavy atom. The van der Waals surface area contributed by atoms with Crippen LogP contribution in [0.2, 0.25) is 0 Å². The Kier molecular flexibility index (Phi) is 5.46. The molecule has 3 heterocycles. The SMILES string of the molecule is c1ccc(-c2ccc(-c3ccc4cc(-c5ccc(-c6cccc7c6oc6ncccc67)cc5)cnc4c3)cc2)cc1. The van der Waals surface area contributed by atoms with E-state index in [1.165, 1.54) is 16.7 Å². The van der Waals surface area contributed by atoms with Crippen LogP contribution in [0.25, 0.3) is 77.5 Å². The van der Waals surface area contributed by atoms with Gasteiger partial charge in [-0.05, 0) is 57.6 Å². The van der Waals surface area contributed by atoms with Crippen LogP contribution in [0.1, 0.15) is 0 Å². The van der Waals surface area contributed by atoms with E-state index in [2.05, 4.69) is 126 Å². The number of pyridine rings is 2. The van der Waals surface area contributed by atoms with Crippen molar-refractivity contribution in [3.8, 4) is 44.5 Å². The third-order valence-electron chi connectivity index (χ3n) is 7.81. The smallest absolute Gasteiger partial charge is 0.227 e. The van der Waals surface area contributed by atoms with Gasteiger partial charge in [0.25, 0.3) is 0 Å². The number of para-hydroxylation sites is 1. The fourth-order valence-electron chi connectivity index (χ4n) is 5.65. The molecule has 41 heavy (non-hydrogen) atoms. The minimum atomic E-state index is 0.668. The largest absolute Gasteiger partial charge is 0.437 e. The van der Waals surface area contributed by atoms with Gasteiger partial charge in [0.1, 0.15) is 5.58 Å². The average molecular weight is 525 g/mol. The van der Waals surface area contributed by atoms with Crippen LogP contribution in [0.5, 0.6) is 0 Å². The Morgan fingerprint density at radius 2 is 1.10 bits per heavy atom. The van der Waals surface area contributed by atoms with Crippen molar-refractivity contribution >= 4 is 33.0 Å². The Bertz CT molecular complexity index is 2180. The van der Waals surface area contributed by atoms with Crippen LogP contribution in [-0.4, -0.2) is 9.97 Å². The van der Waals surface area contributed by atoms with Crippen LogP contribution >= 0.6 is 0 Å². The van der Waals surface area contributed by atoms with Gasteiger partial charge in [-0.3, -0.25) is 4.98 Å². The van der Waals surface area contributed by atoms with E-state index in [1.54, 1.807) is 6.20 Å². The van der Waals surface area contributed by atoms with Gasteiger partial charge in [-0.2, -0.15) is 0 Å². The fourth-order valence-corrected chi connectivity index (χ4v) is 5.65. The number of hydrogen-bond donors (Lipinski definition) is 0. The first-order chi connectivity index (χ1) is 20.3. The van der Waals surface area contributed by atoms with E-state index in [-0.39, 0.29) is 0 Å². The van der Waals surface area contributed by atoms with Crippen molar-refractivity contribution in [3.05, 3.63) is 146 Å². The van der Waals surface area contributed by atoms with Crippen LogP contribution in [0, 0.1) is 0 Å². The van der Waals surface area contributed by atoms with Gasteiger partial charge < -0.3 is 4.42 Å². The highest BCUT2D eigenvalue weighted by Crippen LogP contribution is 2.36. The Morgan fingerprint density at radius 1 is 0.439 bits per heavy atom. The fraction of sp³-hybridized carbons (Fsp3) is 0. The molecule has 0 aliphatic heterocycles. The summed E-state index contributed by atoms with van der Waals surface area (Å²) in [6.07, 6.45) is 3.73. The summed E-state index contributed by atoms with van der Waals surface area (Å²) in [7, 11) is 0. The molecular formula is C38H24N2O. The van der Waals surface area contributed by atoms with Crippen molar-refractivity contribution < 1.29 is 4.42 Å². The van der Waals surface area contributed by atoms with Gasteiger partial charge >= 0.3 is 0 Å². The van der Waals surface area contributed by atoms with Gasteiger partial charge in [0.2, 0.25) is 5.71 Å². The van der Waals surface area contributed by atoms with E-state index in [1.807, 2.05) is 18.3 Å². The first-order valence-electron chi connectivity index (χ1n) is 13.7. The quantitative estimate of drug-likeness (QED) is 0.230. The van der Waals surface area contributed by atoms with Crippen molar-refractivity contribution in [3.63, 3.8) is 0 Å². The highest BCUT2D eigenvalue weighted by molar-refractivity contribution is 6.08. The summed E-state index contributed by atoms with van der Waals surface area (Å²) < 4.78 is 6.15. The van der Waals surface area contributed by atoms with Crippen LogP contribution in [-0.2, 0) is 0 Å². The lowest BCUT2D eigenvalue weighted by atomic mass is 9.97. The maximum absolute atomic E-state index is 6.15. The molecule has 3 aromatic heterocycles. The van der Waals surface area contributed by atoms with E-state index in [0.29, 0.717) is 5.71 Å². The molecule has 0 bridgehead atoms. The molecule has 8 aromatic rings. The van der Waals surface area contributed by atoms with Crippen molar-refractivity contribution in [2.45, 2.75) is 0 Å². The number of hydrogen-bond acceptors (Lipinski definition) is 3. The molecule has 0 spiro atoms. The Hall–Kier alpha value is -5.54. The molecule has 8 rings (SSSR count). The van der Waals surface area contributed by atoms with E-state index in [0.717, 1.165) is 55.1 Å². The zero-order valence-corrected chi connectivity index (χ0v) is 22.2. The van der Waals surface area contributed by atoms with Crippen molar-refractivity contribution in [1.82, 2.24) is 9.97 Å². The second kappa shape index (κ2) is 9.58. The predicted octanol–water partition coefficient (Wildman–Crippen LogP) is 10.2. The maximum Gasteiger partial charge on any atom is 0.227 e. The minimum Gasteiger partial charge on any atom is -0.437 e. The second-order valence-corrected chi connectivity index (χ2v) is 10.3. The number of nitrogens with zero attached hydrogens (tertiary/aromatic N) is 2. The summed E-state index contributed by atoms with van der Waals surface area (Å²) >= 11 is 0. The van der Waals surface area contributed by atoms with Crippen molar-refractivity contribution in [2.75, 3.05) is 0 Å². The average Bonchev–Trinajstić information content (AvgIpc) is 3.44. The molecule has 0 saturated heterocycles. The summed E-state index contributed by atoms with van der Waals surface area (Å²) in [6.45, 7) is 0. The maximum atomic E-state index is 6.15. The van der Waals surface area contributed by atoms with Gasteiger partial charge in [-0.15, -0.1) is 0 Å². The van der Waals surface area contributed by atoms with Gasteiger partial charge in [0.15, 0.2) is 0 Å². The summed E-state index contributed by atoms with van der Waals surface area (Å²) in [5.41, 5.74) is 11.7. The lowest BCUT2D eigenvalue weighted by molar-refractivity contribution is 0.655. The molecule has 0 amide bonds. The van der Waals surface area contributed by atoms with Crippen molar-refractivity contribution in [1.29, 1.82) is 0 Å². The molecular weight excluding hydrogens is 500 g/mol. The Balaban J connectivity index is 1.08. The summed E-state index contributed by atoms with van der Waals surface area (Å²) in [4.78, 5) is 9.23. The number of fused-ring (bicyclic) bond motifs is 4. The molecule has 0 radical (unpaired) electrons. The third kappa shape index (κ3) is 4.16. The first-order valence-corrected chi connectivity index (χ1v) is 13.7. The minimum absolute atomic E-state index is 0.668. The second-order valence-electron chi connectivity index (χ2n) is 10.3. The summed E-state index contributed by atoms with van der Waals surface area (Å²) in [6, 6.07) is 46.8. The monoisotopic (exact) mass is 524 g/mol. The van der Waals surface area contributed by atoms with Crippen LogP contribution < -0.4 is 0 Å². The molecule has 3 heteroatoms. The number of rotatable bonds is 4. The molecule has 0 aliphatic carbocycles. The highest BCUT2D eigenvalue weighted by Gasteiger charge is 2.13. The first kappa shape index (κ1) is 23.4. The normalized spacial score (nSPS) is 11.4. The van der Waals surface area contributed by atoms with E-state index < -0.39 is 0 Å². The standard InChI is InChI=1S/C38H24N2O/c1-2-6-25(7-3-1)26-11-13-27(14-12-26)30-19-20-31-22-32(24-40-36(31)23-30)28-15-17-29(18-16-28)33-8-4-9-34-35-10-5-21-39-38(35)41-37(33)34/h1-24H. The zero-order valence-electron chi connectivity index (χ0n) is 22.2. The zero-order chi connectivity index (χ0) is 27.2. The topological polar surface area (TPSA) is 38.9 Å². The third-order valence-corrected chi connectivity index (χ3v) is 7.81. The van der Waals surface area contributed by atoms with Crippen molar-refractivity contribution in [2.24, 2.45) is 0 Å². The number of furan rings is 1. The van der Waals surface area contributed by atoms with Crippen LogP contribution in [0.3, 0.4) is 0 Å². The molecule has 0 fully saturated rings. The molecule has 192 valence electrons. The number of benzene rings is 5. The lowest BCUT2D eigenvalue weighted by Crippen LogP contribution is -1.86. The molecule has 0 atom stereocenters. The molecule has 0 N–H and O–H groups in total. The highest BCUT2D eigenvalue weighted by atomic mass is 16.3. The summed E-state index contributed by atoms with van der Waals surface area (Å²) in [5.74, 6) is 0. The molecule has 3 nitrogen and oxygen atoms in total.